The first kappa shape index (κ1) is 13.4. The van der Waals surface area contributed by atoms with Gasteiger partial charge >= 0.3 is 0 Å². The molecule has 1 heterocycles. The zero-order valence-corrected chi connectivity index (χ0v) is 10.9. The van der Waals surface area contributed by atoms with Gasteiger partial charge in [0.25, 0.3) is 0 Å². The van der Waals surface area contributed by atoms with Crippen LogP contribution in [-0.2, 0) is 16.0 Å². The van der Waals surface area contributed by atoms with E-state index in [1.165, 1.54) is 0 Å². The molecule has 1 saturated heterocycles. The van der Waals surface area contributed by atoms with Crippen LogP contribution < -0.4 is 5.32 Å². The maximum atomic E-state index is 11.9. The molecule has 2 amide bonds. The number of phenolic OH excluding ortho intramolecular Hbond substituents is 1. The van der Waals surface area contributed by atoms with E-state index in [0.717, 1.165) is 5.56 Å². The number of carbonyl (C=O) groups excluding carboxylic acids is 2. The number of likely N-dealkylation sites (N-methyl/N-ethyl adjacent to an activating group) is 1. The van der Waals surface area contributed by atoms with Crippen LogP contribution in [0.3, 0.4) is 0 Å². The molecule has 1 fully saturated rings. The standard InChI is InChI=1S/C14H18N2O3/c1-16-9-11(4-7-14(16)19)15-13(18)8-10-2-5-12(17)6-3-10/h2-3,5-6,11,17H,4,7-9H2,1H3,(H,15,18)/t11-/m1/s1. The van der Waals surface area contributed by atoms with Crippen LogP contribution in [0.25, 0.3) is 0 Å². The highest BCUT2D eigenvalue weighted by atomic mass is 16.3. The zero-order chi connectivity index (χ0) is 13.8. The minimum absolute atomic E-state index is 0.0346. The topological polar surface area (TPSA) is 69.6 Å². The molecule has 0 aromatic heterocycles. The fourth-order valence-corrected chi connectivity index (χ4v) is 2.21. The fourth-order valence-electron chi connectivity index (χ4n) is 2.21. The Hall–Kier alpha value is -2.04. The molecule has 0 bridgehead atoms. The molecule has 102 valence electrons. The lowest BCUT2D eigenvalue weighted by Gasteiger charge is -2.30. The Labute approximate surface area is 112 Å². The lowest BCUT2D eigenvalue weighted by molar-refractivity contribution is -0.133. The van der Waals surface area contributed by atoms with Gasteiger partial charge in [0.2, 0.25) is 11.8 Å². The first-order valence-electron chi connectivity index (χ1n) is 6.36. The van der Waals surface area contributed by atoms with Crippen molar-refractivity contribution in [3.63, 3.8) is 0 Å². The van der Waals surface area contributed by atoms with Gasteiger partial charge in [0.05, 0.1) is 6.42 Å². The predicted molar refractivity (Wildman–Crippen MR) is 70.6 cm³/mol. The number of hydrogen-bond donors (Lipinski definition) is 2. The lowest BCUT2D eigenvalue weighted by Crippen LogP contribution is -2.48. The van der Waals surface area contributed by atoms with Crippen LogP contribution >= 0.6 is 0 Å². The predicted octanol–water partition coefficient (Wildman–Crippen LogP) is 0.672. The molecule has 0 aliphatic carbocycles. The Balaban J connectivity index is 1.84. The zero-order valence-electron chi connectivity index (χ0n) is 10.9. The lowest BCUT2D eigenvalue weighted by atomic mass is 10.0. The van der Waals surface area contributed by atoms with Gasteiger partial charge in [-0.15, -0.1) is 0 Å². The average molecular weight is 262 g/mol. The molecule has 1 aliphatic heterocycles. The second kappa shape index (κ2) is 5.73. The van der Waals surface area contributed by atoms with Crippen molar-refractivity contribution in [1.82, 2.24) is 10.2 Å². The van der Waals surface area contributed by atoms with Crippen molar-refractivity contribution in [3.8, 4) is 5.75 Å². The van der Waals surface area contributed by atoms with Crippen LogP contribution in [0.15, 0.2) is 24.3 Å². The monoisotopic (exact) mass is 262 g/mol. The van der Waals surface area contributed by atoms with Gasteiger partial charge in [0, 0.05) is 26.1 Å². The van der Waals surface area contributed by atoms with E-state index in [-0.39, 0.29) is 30.0 Å². The number of benzene rings is 1. The van der Waals surface area contributed by atoms with Crippen LogP contribution in [0.2, 0.25) is 0 Å². The molecular formula is C14H18N2O3. The molecule has 0 saturated carbocycles. The summed E-state index contributed by atoms with van der Waals surface area (Å²) < 4.78 is 0. The number of hydrogen-bond acceptors (Lipinski definition) is 3. The number of piperidine rings is 1. The molecule has 5 nitrogen and oxygen atoms in total. The Morgan fingerprint density at radius 2 is 2.11 bits per heavy atom. The summed E-state index contributed by atoms with van der Waals surface area (Å²) in [5, 5.41) is 12.1. The number of amides is 2. The quantitative estimate of drug-likeness (QED) is 0.841. The van der Waals surface area contributed by atoms with Gasteiger partial charge in [0.15, 0.2) is 0 Å². The van der Waals surface area contributed by atoms with Crippen LogP contribution in [0.1, 0.15) is 18.4 Å². The van der Waals surface area contributed by atoms with Crippen molar-refractivity contribution in [2.45, 2.75) is 25.3 Å². The molecule has 5 heteroatoms. The summed E-state index contributed by atoms with van der Waals surface area (Å²) in [5.41, 5.74) is 0.857. The van der Waals surface area contributed by atoms with E-state index in [1.54, 1.807) is 36.2 Å². The van der Waals surface area contributed by atoms with E-state index < -0.39 is 0 Å². The van der Waals surface area contributed by atoms with Gasteiger partial charge in [-0.3, -0.25) is 9.59 Å². The van der Waals surface area contributed by atoms with E-state index in [2.05, 4.69) is 5.32 Å². The Bertz CT molecular complexity index is 470. The highest BCUT2D eigenvalue weighted by Crippen LogP contribution is 2.12. The summed E-state index contributed by atoms with van der Waals surface area (Å²) in [6.45, 7) is 0.570. The minimum Gasteiger partial charge on any atom is -0.508 e. The Morgan fingerprint density at radius 1 is 1.42 bits per heavy atom. The van der Waals surface area contributed by atoms with Crippen LogP contribution in [0, 0.1) is 0 Å². The van der Waals surface area contributed by atoms with Crippen molar-refractivity contribution in [1.29, 1.82) is 0 Å². The van der Waals surface area contributed by atoms with Crippen molar-refractivity contribution in [3.05, 3.63) is 29.8 Å². The average Bonchev–Trinajstić information content (AvgIpc) is 2.37. The van der Waals surface area contributed by atoms with Gasteiger partial charge < -0.3 is 15.3 Å². The van der Waals surface area contributed by atoms with Crippen LogP contribution in [0.4, 0.5) is 0 Å². The SMILES string of the molecule is CN1C[C@H](NC(=O)Cc2ccc(O)cc2)CCC1=O. The smallest absolute Gasteiger partial charge is 0.224 e. The van der Waals surface area contributed by atoms with E-state index in [1.807, 2.05) is 0 Å². The maximum Gasteiger partial charge on any atom is 0.224 e. The molecule has 0 spiro atoms. The molecule has 1 aromatic rings. The summed E-state index contributed by atoms with van der Waals surface area (Å²) in [6.07, 6.45) is 1.47. The second-order valence-electron chi connectivity index (χ2n) is 4.92. The van der Waals surface area contributed by atoms with Crippen molar-refractivity contribution in [2.24, 2.45) is 0 Å². The number of carbonyl (C=O) groups is 2. The summed E-state index contributed by atoms with van der Waals surface area (Å²) >= 11 is 0. The Kier molecular flexibility index (Phi) is 4.04. The number of phenols is 1. The number of aromatic hydroxyl groups is 1. The van der Waals surface area contributed by atoms with Gasteiger partial charge in [-0.1, -0.05) is 12.1 Å². The number of likely N-dealkylation sites (tertiary alicyclic amines) is 1. The second-order valence-corrected chi connectivity index (χ2v) is 4.92. The molecule has 2 rings (SSSR count). The molecule has 1 aromatic carbocycles. The van der Waals surface area contributed by atoms with E-state index in [9.17, 15) is 9.59 Å². The molecule has 1 aliphatic rings. The fraction of sp³-hybridized carbons (Fsp3) is 0.429. The van der Waals surface area contributed by atoms with Crippen LogP contribution in [0.5, 0.6) is 5.75 Å². The maximum absolute atomic E-state index is 11.9. The molecule has 0 radical (unpaired) electrons. The van der Waals surface area contributed by atoms with E-state index >= 15 is 0 Å². The highest BCUT2D eigenvalue weighted by molar-refractivity contribution is 5.80. The van der Waals surface area contributed by atoms with Gasteiger partial charge in [-0.2, -0.15) is 0 Å². The highest BCUT2D eigenvalue weighted by Gasteiger charge is 2.23. The molecule has 0 unspecified atom stereocenters. The first-order valence-corrected chi connectivity index (χ1v) is 6.36. The van der Waals surface area contributed by atoms with E-state index in [4.69, 9.17) is 5.11 Å². The van der Waals surface area contributed by atoms with Crippen LogP contribution in [-0.4, -0.2) is 41.5 Å². The normalized spacial score (nSPS) is 19.3. The Morgan fingerprint density at radius 3 is 2.74 bits per heavy atom. The summed E-state index contributed by atoms with van der Waals surface area (Å²) in [5.74, 6) is 0.263. The molecule has 1 atom stereocenters. The molecule has 19 heavy (non-hydrogen) atoms. The van der Waals surface area contributed by atoms with Crippen molar-refractivity contribution < 1.29 is 14.7 Å². The van der Waals surface area contributed by atoms with Gasteiger partial charge in [-0.05, 0) is 24.1 Å². The van der Waals surface area contributed by atoms with Crippen molar-refractivity contribution >= 4 is 11.8 Å². The third-order valence-corrected chi connectivity index (χ3v) is 3.29. The van der Waals surface area contributed by atoms with Gasteiger partial charge in [-0.25, -0.2) is 0 Å². The summed E-state index contributed by atoms with van der Waals surface area (Å²) in [4.78, 5) is 24.9. The largest absolute Gasteiger partial charge is 0.508 e. The minimum atomic E-state index is -0.0570. The first-order chi connectivity index (χ1) is 9.04. The molecule has 2 N–H and O–H groups in total. The summed E-state index contributed by atoms with van der Waals surface area (Å²) in [6, 6.07) is 6.62. The number of rotatable bonds is 3. The molecular weight excluding hydrogens is 244 g/mol. The summed E-state index contributed by atoms with van der Waals surface area (Å²) in [7, 11) is 1.75. The van der Waals surface area contributed by atoms with Crippen molar-refractivity contribution in [2.75, 3.05) is 13.6 Å². The third-order valence-electron chi connectivity index (χ3n) is 3.29. The number of nitrogens with zero attached hydrogens (tertiary/aromatic N) is 1. The third kappa shape index (κ3) is 3.71. The van der Waals surface area contributed by atoms with E-state index in [0.29, 0.717) is 19.4 Å². The van der Waals surface area contributed by atoms with Gasteiger partial charge in [0.1, 0.15) is 5.75 Å². The number of nitrogens with one attached hydrogen (secondary N) is 1.